The van der Waals surface area contributed by atoms with E-state index in [0.29, 0.717) is 6.54 Å². The molecule has 102 valence electrons. The Morgan fingerprint density at radius 2 is 1.70 bits per heavy atom. The molecule has 0 saturated carbocycles. The first-order valence-corrected chi connectivity index (χ1v) is 7.86. The molecule has 0 bridgehead atoms. The van der Waals surface area contributed by atoms with Crippen LogP contribution in [0.15, 0.2) is 54.7 Å². The predicted molar refractivity (Wildman–Crippen MR) is 93.0 cm³/mol. The molecule has 3 rings (SSSR count). The normalized spacial score (nSPS) is 11.1. The van der Waals surface area contributed by atoms with E-state index >= 15 is 0 Å². The van der Waals surface area contributed by atoms with Gasteiger partial charge in [-0.25, -0.2) is 0 Å². The minimum Gasteiger partial charge on any atom is -0.343 e. The van der Waals surface area contributed by atoms with Gasteiger partial charge in [-0.1, -0.05) is 24.3 Å². The van der Waals surface area contributed by atoms with E-state index in [1.165, 1.54) is 25.6 Å². The van der Waals surface area contributed by atoms with Crippen LogP contribution in [-0.2, 0) is 13.0 Å². The second kappa shape index (κ2) is 5.97. The fourth-order valence-electron chi connectivity index (χ4n) is 2.48. The van der Waals surface area contributed by atoms with Crippen molar-refractivity contribution in [2.24, 2.45) is 5.73 Å². The monoisotopic (exact) mass is 376 g/mol. The van der Waals surface area contributed by atoms with Gasteiger partial charge in [-0.2, -0.15) is 0 Å². The molecule has 1 aromatic heterocycles. The SMILES string of the molecule is NCCc1ccc2ccn(Cc3ccc(I)cc3)c2c1. The molecule has 3 heteroatoms. The van der Waals surface area contributed by atoms with Crippen molar-refractivity contribution in [3.05, 3.63) is 69.4 Å². The highest BCUT2D eigenvalue weighted by Gasteiger charge is 2.03. The quantitative estimate of drug-likeness (QED) is 0.690. The zero-order valence-corrected chi connectivity index (χ0v) is 13.4. The summed E-state index contributed by atoms with van der Waals surface area (Å²) < 4.78 is 3.58. The average Bonchev–Trinajstić information content (AvgIpc) is 2.85. The van der Waals surface area contributed by atoms with Crippen LogP contribution in [0.5, 0.6) is 0 Å². The number of nitrogens with two attached hydrogens (primary N) is 1. The van der Waals surface area contributed by atoms with Gasteiger partial charge in [-0.15, -0.1) is 0 Å². The lowest BCUT2D eigenvalue weighted by Gasteiger charge is -2.07. The molecule has 0 atom stereocenters. The minimum atomic E-state index is 0.698. The zero-order chi connectivity index (χ0) is 13.9. The van der Waals surface area contributed by atoms with Crippen molar-refractivity contribution in [2.45, 2.75) is 13.0 Å². The molecule has 0 radical (unpaired) electrons. The van der Waals surface area contributed by atoms with E-state index in [1.807, 2.05) is 0 Å². The van der Waals surface area contributed by atoms with Crippen LogP contribution in [0.25, 0.3) is 10.9 Å². The molecule has 3 aromatic rings. The summed E-state index contributed by atoms with van der Waals surface area (Å²) in [5.41, 5.74) is 9.57. The molecule has 0 unspecified atom stereocenters. The lowest BCUT2D eigenvalue weighted by molar-refractivity contribution is 0.835. The fourth-order valence-corrected chi connectivity index (χ4v) is 2.84. The second-order valence-corrected chi connectivity index (χ2v) is 6.25. The van der Waals surface area contributed by atoms with Crippen LogP contribution in [0, 0.1) is 3.57 Å². The van der Waals surface area contributed by atoms with Gasteiger partial charge in [0.1, 0.15) is 0 Å². The summed E-state index contributed by atoms with van der Waals surface area (Å²) in [5, 5.41) is 1.29. The summed E-state index contributed by atoms with van der Waals surface area (Å²) in [4.78, 5) is 0. The number of fused-ring (bicyclic) bond motifs is 1. The Labute approximate surface area is 132 Å². The van der Waals surface area contributed by atoms with Gasteiger partial charge in [-0.05, 0) is 76.3 Å². The van der Waals surface area contributed by atoms with Crippen molar-refractivity contribution >= 4 is 33.5 Å². The van der Waals surface area contributed by atoms with Gasteiger partial charge in [0.05, 0.1) is 0 Å². The van der Waals surface area contributed by atoms with Crippen LogP contribution >= 0.6 is 22.6 Å². The highest BCUT2D eigenvalue weighted by atomic mass is 127. The molecule has 0 amide bonds. The number of benzene rings is 2. The highest BCUT2D eigenvalue weighted by molar-refractivity contribution is 14.1. The van der Waals surface area contributed by atoms with Crippen molar-refractivity contribution in [3.8, 4) is 0 Å². The third-order valence-corrected chi connectivity index (χ3v) is 4.26. The number of nitrogens with zero attached hydrogens (tertiary/aromatic N) is 1. The van der Waals surface area contributed by atoms with Gasteiger partial charge in [0.15, 0.2) is 0 Å². The molecule has 2 nitrogen and oxygen atoms in total. The van der Waals surface area contributed by atoms with Crippen molar-refractivity contribution in [3.63, 3.8) is 0 Å². The van der Waals surface area contributed by atoms with Crippen LogP contribution in [-0.4, -0.2) is 11.1 Å². The van der Waals surface area contributed by atoms with E-state index in [-0.39, 0.29) is 0 Å². The maximum absolute atomic E-state index is 5.65. The van der Waals surface area contributed by atoms with Crippen LogP contribution in [0.4, 0.5) is 0 Å². The fraction of sp³-hybridized carbons (Fsp3) is 0.176. The predicted octanol–water partition coefficient (Wildman–Crippen LogP) is 3.80. The van der Waals surface area contributed by atoms with Crippen molar-refractivity contribution < 1.29 is 0 Å². The maximum atomic E-state index is 5.65. The second-order valence-electron chi connectivity index (χ2n) is 5.00. The zero-order valence-electron chi connectivity index (χ0n) is 11.2. The molecule has 2 aromatic carbocycles. The smallest absolute Gasteiger partial charge is 0.0486 e. The van der Waals surface area contributed by atoms with Crippen LogP contribution < -0.4 is 5.73 Å². The molecule has 0 saturated heterocycles. The maximum Gasteiger partial charge on any atom is 0.0486 e. The van der Waals surface area contributed by atoms with Crippen molar-refractivity contribution in [1.82, 2.24) is 4.57 Å². The third kappa shape index (κ3) is 2.88. The first-order chi connectivity index (χ1) is 9.76. The Balaban J connectivity index is 1.94. The standard InChI is InChI=1S/C17H17IN2/c18-16-5-2-14(3-6-16)12-20-10-8-15-4-1-13(7-9-19)11-17(15)20/h1-6,8,10-11H,7,9,12,19H2. The number of rotatable bonds is 4. The van der Waals surface area contributed by atoms with E-state index in [9.17, 15) is 0 Å². The molecular formula is C17H17IN2. The van der Waals surface area contributed by atoms with E-state index in [1.54, 1.807) is 0 Å². The molecule has 0 fully saturated rings. The largest absolute Gasteiger partial charge is 0.343 e. The Bertz CT molecular complexity index is 713. The van der Waals surface area contributed by atoms with Gasteiger partial charge in [0, 0.05) is 21.8 Å². The summed E-state index contributed by atoms with van der Waals surface area (Å²) in [6, 6.07) is 17.5. The molecule has 2 N–H and O–H groups in total. The van der Waals surface area contributed by atoms with Crippen LogP contribution in [0.2, 0.25) is 0 Å². The van der Waals surface area contributed by atoms with Crippen LogP contribution in [0.3, 0.4) is 0 Å². The van der Waals surface area contributed by atoms with Crippen molar-refractivity contribution in [1.29, 1.82) is 0 Å². The van der Waals surface area contributed by atoms with Gasteiger partial charge in [-0.3, -0.25) is 0 Å². The van der Waals surface area contributed by atoms with E-state index in [0.717, 1.165) is 13.0 Å². The number of hydrogen-bond donors (Lipinski definition) is 1. The summed E-state index contributed by atoms with van der Waals surface area (Å²) >= 11 is 2.34. The highest BCUT2D eigenvalue weighted by Crippen LogP contribution is 2.19. The summed E-state index contributed by atoms with van der Waals surface area (Å²) in [6.07, 6.45) is 3.10. The Kier molecular flexibility index (Phi) is 4.08. The molecule has 0 spiro atoms. The molecule has 20 heavy (non-hydrogen) atoms. The summed E-state index contributed by atoms with van der Waals surface area (Å²) in [5.74, 6) is 0. The lowest BCUT2D eigenvalue weighted by Crippen LogP contribution is -2.03. The number of halogens is 1. The summed E-state index contributed by atoms with van der Waals surface area (Å²) in [7, 11) is 0. The third-order valence-electron chi connectivity index (χ3n) is 3.54. The van der Waals surface area contributed by atoms with E-state index < -0.39 is 0 Å². The minimum absolute atomic E-state index is 0.698. The number of hydrogen-bond acceptors (Lipinski definition) is 1. The molecule has 0 aliphatic heterocycles. The first kappa shape index (κ1) is 13.6. The molecular weight excluding hydrogens is 359 g/mol. The van der Waals surface area contributed by atoms with E-state index in [2.05, 4.69) is 81.9 Å². The van der Waals surface area contributed by atoms with Crippen molar-refractivity contribution in [2.75, 3.05) is 6.54 Å². The Morgan fingerprint density at radius 1 is 0.950 bits per heavy atom. The van der Waals surface area contributed by atoms with Gasteiger partial charge < -0.3 is 10.3 Å². The first-order valence-electron chi connectivity index (χ1n) is 6.78. The van der Waals surface area contributed by atoms with Gasteiger partial charge in [0.2, 0.25) is 0 Å². The summed E-state index contributed by atoms with van der Waals surface area (Å²) in [6.45, 7) is 1.61. The van der Waals surface area contributed by atoms with E-state index in [4.69, 9.17) is 5.73 Å². The lowest BCUT2D eigenvalue weighted by atomic mass is 10.1. The Hall–Kier alpha value is -1.33. The number of aromatic nitrogens is 1. The average molecular weight is 376 g/mol. The molecule has 0 aliphatic carbocycles. The van der Waals surface area contributed by atoms with Crippen LogP contribution in [0.1, 0.15) is 11.1 Å². The molecule has 0 aliphatic rings. The molecule has 1 heterocycles. The Morgan fingerprint density at radius 3 is 2.45 bits per heavy atom. The topological polar surface area (TPSA) is 30.9 Å². The van der Waals surface area contributed by atoms with Gasteiger partial charge in [0.25, 0.3) is 0 Å². The van der Waals surface area contributed by atoms with Gasteiger partial charge >= 0.3 is 0 Å².